The Kier molecular flexibility index (Phi) is 5.81. The number of hydrogen-bond donors (Lipinski definition) is 1. The third kappa shape index (κ3) is 4.42. The highest BCUT2D eigenvalue weighted by atomic mass is 35.5. The lowest BCUT2D eigenvalue weighted by atomic mass is 9.98. The number of halogens is 2. The first-order valence-electron chi connectivity index (χ1n) is 8.16. The van der Waals surface area contributed by atoms with Gasteiger partial charge in [-0.1, -0.05) is 35.0 Å². The molecule has 0 unspecified atom stereocenters. The second-order valence-electron chi connectivity index (χ2n) is 5.74. The smallest absolute Gasteiger partial charge is 0.366 e. The molecule has 3 aromatic carbocycles. The predicted molar refractivity (Wildman–Crippen MR) is 104 cm³/mol. The minimum Gasteiger partial charge on any atom is -0.380 e. The van der Waals surface area contributed by atoms with Crippen LogP contribution in [0.5, 0.6) is 0 Å². The minimum absolute atomic E-state index is 0.0399. The molecule has 0 spiro atoms. The summed E-state index contributed by atoms with van der Waals surface area (Å²) in [5, 5.41) is 4.07. The Morgan fingerprint density at radius 2 is 1.43 bits per heavy atom. The molecule has 5 nitrogen and oxygen atoms in total. The molecule has 0 heterocycles. The van der Waals surface area contributed by atoms with E-state index >= 15 is 0 Å². The van der Waals surface area contributed by atoms with Gasteiger partial charge >= 0.3 is 5.97 Å². The van der Waals surface area contributed by atoms with Crippen LogP contribution in [0, 0.1) is 5.82 Å². The largest absolute Gasteiger partial charge is 0.380 e. The van der Waals surface area contributed by atoms with Gasteiger partial charge in [0.1, 0.15) is 5.82 Å². The number of oxime groups is 1. The second kappa shape index (κ2) is 8.45. The number of amidine groups is 1. The molecule has 0 aromatic heterocycles. The highest BCUT2D eigenvalue weighted by Crippen LogP contribution is 2.18. The zero-order chi connectivity index (χ0) is 20.1. The molecule has 0 atom stereocenters. The van der Waals surface area contributed by atoms with E-state index in [0.29, 0.717) is 16.1 Å². The van der Waals surface area contributed by atoms with E-state index in [0.717, 1.165) is 0 Å². The molecule has 28 heavy (non-hydrogen) atoms. The molecule has 0 radical (unpaired) electrons. The summed E-state index contributed by atoms with van der Waals surface area (Å²) in [6.07, 6.45) is 0. The van der Waals surface area contributed by atoms with Crippen molar-refractivity contribution in [3.05, 3.63) is 106 Å². The van der Waals surface area contributed by atoms with Gasteiger partial charge in [-0.05, 0) is 54.6 Å². The summed E-state index contributed by atoms with van der Waals surface area (Å²) < 4.78 is 13.0. The Bertz CT molecular complexity index is 1050. The molecule has 0 saturated heterocycles. The molecule has 3 aromatic rings. The number of ketones is 1. The van der Waals surface area contributed by atoms with Gasteiger partial charge in [0.2, 0.25) is 0 Å². The molecule has 2 N–H and O–H groups in total. The van der Waals surface area contributed by atoms with Crippen molar-refractivity contribution in [2.24, 2.45) is 10.9 Å². The summed E-state index contributed by atoms with van der Waals surface area (Å²) in [6.45, 7) is 0. The molecule has 140 valence electrons. The van der Waals surface area contributed by atoms with Gasteiger partial charge in [0, 0.05) is 21.7 Å². The SMILES string of the molecule is N/C(=N\OC(=O)c1ccccc1C(=O)c1ccc(Cl)cc1)c1ccc(F)cc1. The monoisotopic (exact) mass is 396 g/mol. The summed E-state index contributed by atoms with van der Waals surface area (Å²) >= 11 is 5.84. The van der Waals surface area contributed by atoms with Crippen LogP contribution in [0.3, 0.4) is 0 Å². The Labute approximate surface area is 165 Å². The van der Waals surface area contributed by atoms with E-state index in [1.54, 1.807) is 36.4 Å². The molecule has 0 saturated carbocycles. The minimum atomic E-state index is -0.844. The third-order valence-corrected chi connectivity index (χ3v) is 4.12. The van der Waals surface area contributed by atoms with Crippen molar-refractivity contribution in [2.45, 2.75) is 0 Å². The molecule has 0 amide bonds. The number of carbonyl (C=O) groups excluding carboxylic acids is 2. The van der Waals surface area contributed by atoms with Crippen LogP contribution in [0.4, 0.5) is 4.39 Å². The zero-order valence-electron chi connectivity index (χ0n) is 14.4. The Morgan fingerprint density at radius 1 is 0.857 bits per heavy atom. The van der Waals surface area contributed by atoms with Gasteiger partial charge in [-0.2, -0.15) is 0 Å². The molecule has 0 bridgehead atoms. The predicted octanol–water partition coefficient (Wildman–Crippen LogP) is 4.19. The molecule has 0 aliphatic rings. The van der Waals surface area contributed by atoms with E-state index in [2.05, 4.69) is 5.16 Å². The maximum Gasteiger partial charge on any atom is 0.366 e. The van der Waals surface area contributed by atoms with Crippen LogP contribution in [0.15, 0.2) is 78.0 Å². The van der Waals surface area contributed by atoms with Crippen LogP contribution >= 0.6 is 11.6 Å². The topological polar surface area (TPSA) is 81.8 Å². The van der Waals surface area contributed by atoms with Crippen molar-refractivity contribution in [3.8, 4) is 0 Å². The van der Waals surface area contributed by atoms with Crippen LogP contribution in [0.2, 0.25) is 5.02 Å². The van der Waals surface area contributed by atoms with Gasteiger partial charge in [-0.25, -0.2) is 9.18 Å². The van der Waals surface area contributed by atoms with Crippen LogP contribution in [0.25, 0.3) is 0 Å². The molecule has 0 aliphatic carbocycles. The van der Waals surface area contributed by atoms with Crippen LogP contribution in [0.1, 0.15) is 31.8 Å². The normalized spacial score (nSPS) is 11.1. The van der Waals surface area contributed by atoms with Crippen molar-refractivity contribution in [2.75, 3.05) is 0 Å². The van der Waals surface area contributed by atoms with Gasteiger partial charge in [0.15, 0.2) is 11.6 Å². The zero-order valence-corrected chi connectivity index (χ0v) is 15.2. The van der Waals surface area contributed by atoms with E-state index in [4.69, 9.17) is 22.2 Å². The first-order valence-corrected chi connectivity index (χ1v) is 8.53. The average molecular weight is 397 g/mol. The highest BCUT2D eigenvalue weighted by Gasteiger charge is 2.19. The lowest BCUT2D eigenvalue weighted by molar-refractivity contribution is 0.0513. The lowest BCUT2D eigenvalue weighted by Crippen LogP contribution is -2.16. The van der Waals surface area contributed by atoms with E-state index in [9.17, 15) is 14.0 Å². The Morgan fingerprint density at radius 3 is 2.07 bits per heavy atom. The fraction of sp³-hybridized carbons (Fsp3) is 0. The molecular formula is C21H14ClFN2O3. The molecule has 0 fully saturated rings. The highest BCUT2D eigenvalue weighted by molar-refractivity contribution is 6.30. The number of hydrogen-bond acceptors (Lipinski definition) is 4. The first kappa shape index (κ1) is 19.3. The molecule has 7 heteroatoms. The van der Waals surface area contributed by atoms with Gasteiger partial charge in [-0.15, -0.1) is 0 Å². The molecule has 0 aliphatic heterocycles. The van der Waals surface area contributed by atoms with Crippen molar-refractivity contribution >= 4 is 29.2 Å². The quantitative estimate of drug-likeness (QED) is 0.230. The second-order valence-corrected chi connectivity index (χ2v) is 6.18. The fourth-order valence-electron chi connectivity index (χ4n) is 2.43. The van der Waals surface area contributed by atoms with Crippen LogP contribution in [-0.4, -0.2) is 17.6 Å². The fourth-order valence-corrected chi connectivity index (χ4v) is 2.56. The standard InChI is InChI=1S/C21H14ClFN2O3/c22-15-9-5-13(6-10-15)19(26)17-3-1-2-4-18(17)21(27)28-25-20(24)14-7-11-16(23)12-8-14/h1-12H,(H2,24,25). The van der Waals surface area contributed by atoms with Crippen LogP contribution < -0.4 is 5.73 Å². The number of benzene rings is 3. The number of nitrogens with two attached hydrogens (primary N) is 1. The van der Waals surface area contributed by atoms with Gasteiger partial charge in [0.05, 0.1) is 5.56 Å². The van der Waals surface area contributed by atoms with Gasteiger partial charge < -0.3 is 10.6 Å². The van der Waals surface area contributed by atoms with Crippen molar-refractivity contribution < 1.29 is 18.8 Å². The number of nitrogens with zero attached hydrogens (tertiary/aromatic N) is 1. The first-order chi connectivity index (χ1) is 13.5. The van der Waals surface area contributed by atoms with E-state index in [1.165, 1.54) is 36.4 Å². The molecular weight excluding hydrogens is 383 g/mol. The Hall–Kier alpha value is -3.51. The summed E-state index contributed by atoms with van der Waals surface area (Å²) in [4.78, 5) is 30.0. The van der Waals surface area contributed by atoms with Gasteiger partial charge in [-0.3, -0.25) is 4.79 Å². The lowest BCUT2D eigenvalue weighted by Gasteiger charge is -2.07. The van der Waals surface area contributed by atoms with E-state index in [-0.39, 0.29) is 22.7 Å². The average Bonchev–Trinajstić information content (AvgIpc) is 2.72. The van der Waals surface area contributed by atoms with Crippen LogP contribution in [-0.2, 0) is 4.84 Å². The summed E-state index contributed by atoms with van der Waals surface area (Å²) in [6, 6.07) is 17.7. The van der Waals surface area contributed by atoms with Crippen molar-refractivity contribution in [3.63, 3.8) is 0 Å². The van der Waals surface area contributed by atoms with Gasteiger partial charge in [0.25, 0.3) is 0 Å². The maximum atomic E-state index is 13.0. The van der Waals surface area contributed by atoms with E-state index in [1.807, 2.05) is 0 Å². The molecule has 3 rings (SSSR count). The van der Waals surface area contributed by atoms with Crippen molar-refractivity contribution in [1.29, 1.82) is 0 Å². The summed E-state index contributed by atoms with van der Waals surface area (Å²) in [5.74, 6) is -1.74. The Balaban J connectivity index is 1.82. The van der Waals surface area contributed by atoms with E-state index < -0.39 is 11.8 Å². The van der Waals surface area contributed by atoms with Crippen molar-refractivity contribution in [1.82, 2.24) is 0 Å². The summed E-state index contributed by atoms with van der Waals surface area (Å²) in [7, 11) is 0. The maximum absolute atomic E-state index is 13.0. The third-order valence-electron chi connectivity index (χ3n) is 3.86. The number of carbonyl (C=O) groups is 2. The summed E-state index contributed by atoms with van der Waals surface area (Å²) in [5.41, 5.74) is 6.71. The number of rotatable bonds is 5.